The fourth-order valence-electron chi connectivity index (χ4n) is 4.87. The first-order valence-electron chi connectivity index (χ1n) is 10.5. The van der Waals surface area contributed by atoms with Gasteiger partial charge in [-0.2, -0.15) is 0 Å². The van der Waals surface area contributed by atoms with Gasteiger partial charge in [-0.25, -0.2) is 4.79 Å². The number of amides is 4. The number of carbonyl (C=O) groups excluding carboxylic acids is 3. The van der Waals surface area contributed by atoms with Crippen LogP contribution in [0.5, 0.6) is 0 Å². The Labute approximate surface area is 185 Å². The third kappa shape index (κ3) is 3.24. The second kappa shape index (κ2) is 7.57. The Hall–Kier alpha value is -3.06. The SMILES string of the molecule is O=C(CN1C(=O)NC2(CCc3ccccc32)C1=O)N1CCN(c2ccccc2Cl)CC1. The van der Waals surface area contributed by atoms with Gasteiger partial charge in [-0.15, -0.1) is 0 Å². The number of para-hydroxylation sites is 1. The van der Waals surface area contributed by atoms with Gasteiger partial charge in [0.2, 0.25) is 5.91 Å². The molecule has 5 rings (SSSR count). The van der Waals surface area contributed by atoms with Crippen LogP contribution in [0.25, 0.3) is 0 Å². The highest BCUT2D eigenvalue weighted by Crippen LogP contribution is 2.41. The minimum absolute atomic E-state index is 0.217. The number of piperazine rings is 1. The molecule has 2 aliphatic heterocycles. The average molecular weight is 439 g/mol. The van der Waals surface area contributed by atoms with Gasteiger partial charge in [0.25, 0.3) is 5.91 Å². The Morgan fingerprint density at radius 1 is 1.00 bits per heavy atom. The predicted molar refractivity (Wildman–Crippen MR) is 117 cm³/mol. The first-order valence-corrected chi connectivity index (χ1v) is 10.9. The summed E-state index contributed by atoms with van der Waals surface area (Å²) in [6.07, 6.45) is 1.26. The van der Waals surface area contributed by atoms with E-state index in [2.05, 4.69) is 10.2 Å². The van der Waals surface area contributed by atoms with Crippen LogP contribution >= 0.6 is 11.6 Å². The number of hydrogen-bond donors (Lipinski definition) is 1. The highest BCUT2D eigenvalue weighted by molar-refractivity contribution is 6.33. The largest absolute Gasteiger partial charge is 0.367 e. The molecule has 31 heavy (non-hydrogen) atoms. The summed E-state index contributed by atoms with van der Waals surface area (Å²) in [5.41, 5.74) is 1.83. The van der Waals surface area contributed by atoms with Gasteiger partial charge in [0.05, 0.1) is 10.7 Å². The summed E-state index contributed by atoms with van der Waals surface area (Å²) in [6.45, 7) is 2.09. The van der Waals surface area contributed by atoms with Crippen LogP contribution in [-0.4, -0.2) is 60.4 Å². The smallest absolute Gasteiger partial charge is 0.325 e. The van der Waals surface area contributed by atoms with Crippen LogP contribution in [0.1, 0.15) is 17.5 Å². The molecule has 0 saturated carbocycles. The van der Waals surface area contributed by atoms with E-state index in [9.17, 15) is 14.4 Å². The van der Waals surface area contributed by atoms with Crippen LogP contribution in [0.2, 0.25) is 5.02 Å². The van der Waals surface area contributed by atoms with Crippen molar-refractivity contribution in [3.05, 3.63) is 64.7 Å². The Bertz CT molecular complexity index is 1070. The molecule has 2 heterocycles. The molecule has 1 aliphatic carbocycles. The van der Waals surface area contributed by atoms with Crippen LogP contribution < -0.4 is 10.2 Å². The molecule has 2 aromatic carbocycles. The van der Waals surface area contributed by atoms with E-state index in [4.69, 9.17) is 11.6 Å². The molecule has 4 amide bonds. The highest BCUT2D eigenvalue weighted by atomic mass is 35.5. The van der Waals surface area contributed by atoms with Gasteiger partial charge in [0.15, 0.2) is 0 Å². The fourth-order valence-corrected chi connectivity index (χ4v) is 5.13. The molecule has 1 spiro atoms. The van der Waals surface area contributed by atoms with E-state index in [0.29, 0.717) is 37.6 Å². The van der Waals surface area contributed by atoms with Gasteiger partial charge in [-0.1, -0.05) is 48.0 Å². The summed E-state index contributed by atoms with van der Waals surface area (Å²) >= 11 is 6.29. The molecule has 160 valence electrons. The van der Waals surface area contributed by atoms with E-state index in [0.717, 1.165) is 28.1 Å². The van der Waals surface area contributed by atoms with Crippen molar-refractivity contribution < 1.29 is 14.4 Å². The summed E-state index contributed by atoms with van der Waals surface area (Å²) in [5, 5.41) is 3.56. The van der Waals surface area contributed by atoms with Crippen LogP contribution in [0.4, 0.5) is 10.5 Å². The zero-order chi connectivity index (χ0) is 21.6. The number of anilines is 1. The number of imide groups is 1. The van der Waals surface area contributed by atoms with Crippen molar-refractivity contribution >= 4 is 35.1 Å². The van der Waals surface area contributed by atoms with Crippen LogP contribution in [-0.2, 0) is 21.5 Å². The molecule has 8 heteroatoms. The molecule has 0 radical (unpaired) electrons. The van der Waals surface area contributed by atoms with Crippen molar-refractivity contribution in [2.45, 2.75) is 18.4 Å². The fraction of sp³-hybridized carbons (Fsp3) is 0.348. The summed E-state index contributed by atoms with van der Waals surface area (Å²) < 4.78 is 0. The molecule has 1 unspecified atom stereocenters. The van der Waals surface area contributed by atoms with E-state index in [1.165, 1.54) is 0 Å². The number of hydrogen-bond acceptors (Lipinski definition) is 4. The second-order valence-electron chi connectivity index (χ2n) is 8.20. The lowest BCUT2D eigenvalue weighted by Crippen LogP contribution is -2.52. The lowest BCUT2D eigenvalue weighted by molar-refractivity contribution is -0.139. The Morgan fingerprint density at radius 3 is 2.48 bits per heavy atom. The van der Waals surface area contributed by atoms with Crippen molar-refractivity contribution in [3.8, 4) is 0 Å². The molecule has 2 saturated heterocycles. The van der Waals surface area contributed by atoms with Gasteiger partial charge < -0.3 is 15.1 Å². The molecule has 2 aromatic rings. The van der Waals surface area contributed by atoms with Gasteiger partial charge in [0.1, 0.15) is 12.1 Å². The number of rotatable bonds is 3. The maximum atomic E-state index is 13.2. The standard InChI is InChI=1S/C23H23ClN4O3/c24-18-7-3-4-8-19(18)26-11-13-27(14-12-26)20(29)15-28-21(30)23(25-22(28)31)10-9-16-5-1-2-6-17(16)23/h1-8H,9-15H2,(H,25,31). The Kier molecular flexibility index (Phi) is 4.85. The maximum absolute atomic E-state index is 13.2. The Balaban J connectivity index is 1.25. The minimum atomic E-state index is -1.03. The lowest BCUT2D eigenvalue weighted by Gasteiger charge is -2.36. The number of fused-ring (bicyclic) bond motifs is 2. The second-order valence-corrected chi connectivity index (χ2v) is 8.61. The van der Waals surface area contributed by atoms with Gasteiger partial charge in [-0.3, -0.25) is 14.5 Å². The number of benzene rings is 2. The summed E-state index contributed by atoms with van der Waals surface area (Å²) in [6, 6.07) is 14.8. The van der Waals surface area contributed by atoms with Crippen molar-refractivity contribution in [1.29, 1.82) is 0 Å². The number of halogens is 1. The molecule has 2 fully saturated rings. The van der Waals surface area contributed by atoms with Gasteiger partial charge in [0, 0.05) is 26.2 Å². The number of aryl methyl sites for hydroxylation is 1. The first kappa shape index (κ1) is 19.9. The minimum Gasteiger partial charge on any atom is -0.367 e. The van der Waals surface area contributed by atoms with E-state index < -0.39 is 11.6 Å². The van der Waals surface area contributed by atoms with Gasteiger partial charge >= 0.3 is 6.03 Å². The van der Waals surface area contributed by atoms with Crippen molar-refractivity contribution in [2.24, 2.45) is 0 Å². The van der Waals surface area contributed by atoms with Gasteiger partial charge in [-0.05, 0) is 36.1 Å². The molecular weight excluding hydrogens is 416 g/mol. The van der Waals surface area contributed by atoms with E-state index in [1.807, 2.05) is 48.5 Å². The molecule has 1 N–H and O–H groups in total. The molecular formula is C23H23ClN4O3. The summed E-state index contributed by atoms with van der Waals surface area (Å²) in [5.74, 6) is -0.545. The quantitative estimate of drug-likeness (QED) is 0.747. The van der Waals surface area contributed by atoms with E-state index >= 15 is 0 Å². The summed E-state index contributed by atoms with van der Waals surface area (Å²) in [7, 11) is 0. The zero-order valence-electron chi connectivity index (χ0n) is 17.0. The normalized spacial score (nSPS) is 22.8. The third-order valence-electron chi connectivity index (χ3n) is 6.54. The first-order chi connectivity index (χ1) is 15.0. The van der Waals surface area contributed by atoms with Crippen molar-refractivity contribution in [2.75, 3.05) is 37.6 Å². The number of carbonyl (C=O) groups is 3. The molecule has 3 aliphatic rings. The zero-order valence-corrected chi connectivity index (χ0v) is 17.8. The number of urea groups is 1. The molecule has 7 nitrogen and oxygen atoms in total. The van der Waals surface area contributed by atoms with E-state index in [-0.39, 0.29) is 18.4 Å². The predicted octanol–water partition coefficient (Wildman–Crippen LogP) is 2.38. The summed E-state index contributed by atoms with van der Waals surface area (Å²) in [4.78, 5) is 43.7. The molecule has 0 bridgehead atoms. The third-order valence-corrected chi connectivity index (χ3v) is 6.86. The van der Waals surface area contributed by atoms with Crippen LogP contribution in [0, 0.1) is 0 Å². The highest BCUT2D eigenvalue weighted by Gasteiger charge is 2.55. The lowest BCUT2D eigenvalue weighted by atomic mass is 9.92. The molecule has 0 aromatic heterocycles. The topological polar surface area (TPSA) is 73.0 Å². The Morgan fingerprint density at radius 2 is 1.71 bits per heavy atom. The number of nitrogens with zero attached hydrogens (tertiary/aromatic N) is 3. The average Bonchev–Trinajstić information content (AvgIpc) is 3.27. The number of nitrogens with one attached hydrogen (secondary N) is 1. The van der Waals surface area contributed by atoms with Crippen LogP contribution in [0.3, 0.4) is 0 Å². The van der Waals surface area contributed by atoms with E-state index in [1.54, 1.807) is 4.90 Å². The molecule has 1 atom stereocenters. The van der Waals surface area contributed by atoms with Crippen molar-refractivity contribution in [1.82, 2.24) is 15.1 Å². The maximum Gasteiger partial charge on any atom is 0.325 e. The van der Waals surface area contributed by atoms with Crippen molar-refractivity contribution in [3.63, 3.8) is 0 Å². The monoisotopic (exact) mass is 438 g/mol. The van der Waals surface area contributed by atoms with Crippen LogP contribution in [0.15, 0.2) is 48.5 Å².